The second-order valence-electron chi connectivity index (χ2n) is 7.11. The zero-order valence-electron chi connectivity index (χ0n) is 14.5. The molecular weight excluding hydrogens is 330 g/mol. The van der Waals surface area contributed by atoms with Crippen molar-refractivity contribution in [2.75, 3.05) is 19.6 Å². The molecule has 0 aromatic heterocycles. The van der Waals surface area contributed by atoms with Gasteiger partial charge in [-0.05, 0) is 54.5 Å². The molecule has 4 heteroatoms. The second-order valence-corrected chi connectivity index (χ2v) is 7.63. The molecule has 3 atom stereocenters. The monoisotopic (exact) mass is 357 g/mol. The number of phenols is 1. The number of aromatic hydroxyl groups is 1. The minimum Gasteiger partial charge on any atom is -0.508 e. The van der Waals surface area contributed by atoms with E-state index >= 15 is 0 Å². The minimum absolute atomic E-state index is 0.252. The van der Waals surface area contributed by atoms with Crippen molar-refractivity contribution in [1.82, 2.24) is 4.90 Å². The summed E-state index contributed by atoms with van der Waals surface area (Å²) in [6, 6.07) is 16.7. The molecule has 0 spiro atoms. The van der Waals surface area contributed by atoms with Crippen molar-refractivity contribution < 1.29 is 10.2 Å². The average Bonchev–Trinajstić information content (AvgIpc) is 3.18. The summed E-state index contributed by atoms with van der Waals surface area (Å²) in [6.07, 6.45) is 3.70. The number of aliphatic hydroxyl groups is 1. The Morgan fingerprint density at radius 2 is 1.56 bits per heavy atom. The van der Waals surface area contributed by atoms with Crippen LogP contribution in [0.5, 0.6) is 5.75 Å². The summed E-state index contributed by atoms with van der Waals surface area (Å²) in [5, 5.41) is 19.5. The highest BCUT2D eigenvalue weighted by Crippen LogP contribution is 2.38. The van der Waals surface area contributed by atoms with Crippen LogP contribution in [0.25, 0.3) is 0 Å². The fourth-order valence-corrected chi connectivity index (χ4v) is 4.13. The van der Waals surface area contributed by atoms with Crippen molar-refractivity contribution in [3.8, 4) is 5.75 Å². The lowest BCUT2D eigenvalue weighted by Crippen LogP contribution is -2.27. The van der Waals surface area contributed by atoms with Gasteiger partial charge < -0.3 is 10.2 Å². The largest absolute Gasteiger partial charge is 0.508 e. The van der Waals surface area contributed by atoms with Gasteiger partial charge in [-0.15, -0.1) is 12.6 Å². The van der Waals surface area contributed by atoms with Gasteiger partial charge in [0.2, 0.25) is 0 Å². The SMILES string of the molecule is Oc1ccc(C(O)CN2C[C@H]3CCC[C@H]3C2)cc1.Sc1ccccc1. The number of hydrogen-bond acceptors (Lipinski definition) is 4. The standard InChI is InChI=1S/C15H21NO2.C6H6S/c17-14-6-4-11(5-7-14)15(18)10-16-8-12-2-1-3-13(12)9-16;7-6-4-2-1-3-5-6/h4-7,12-13,15,17-18H,1-3,8-10H2;1-5,7H/t12-,13+,15?;. The molecule has 1 unspecified atom stereocenters. The van der Waals surface area contributed by atoms with E-state index in [1.165, 1.54) is 19.3 Å². The molecule has 4 rings (SSSR count). The van der Waals surface area contributed by atoms with Gasteiger partial charge in [-0.25, -0.2) is 0 Å². The van der Waals surface area contributed by atoms with Crippen LogP contribution in [0.3, 0.4) is 0 Å². The Balaban J connectivity index is 0.000000219. The van der Waals surface area contributed by atoms with E-state index in [1.54, 1.807) is 24.3 Å². The summed E-state index contributed by atoms with van der Waals surface area (Å²) in [5.41, 5.74) is 0.893. The van der Waals surface area contributed by atoms with Crippen molar-refractivity contribution in [1.29, 1.82) is 0 Å². The molecule has 134 valence electrons. The van der Waals surface area contributed by atoms with Crippen LogP contribution in [0.4, 0.5) is 0 Å². The number of nitrogens with zero attached hydrogens (tertiary/aromatic N) is 1. The number of benzene rings is 2. The molecule has 25 heavy (non-hydrogen) atoms. The van der Waals surface area contributed by atoms with Gasteiger partial charge >= 0.3 is 0 Å². The van der Waals surface area contributed by atoms with Crippen molar-refractivity contribution in [2.45, 2.75) is 30.3 Å². The summed E-state index contributed by atoms with van der Waals surface area (Å²) in [5.74, 6) is 2.00. The van der Waals surface area contributed by atoms with Crippen molar-refractivity contribution in [3.63, 3.8) is 0 Å². The molecule has 2 aromatic rings. The third-order valence-electron chi connectivity index (χ3n) is 5.27. The fourth-order valence-electron chi connectivity index (χ4n) is 3.96. The first-order valence-electron chi connectivity index (χ1n) is 9.05. The Morgan fingerprint density at radius 3 is 2.08 bits per heavy atom. The number of phenolic OH excluding ortho intramolecular Hbond substituents is 1. The van der Waals surface area contributed by atoms with E-state index < -0.39 is 6.10 Å². The van der Waals surface area contributed by atoms with E-state index in [0.29, 0.717) is 0 Å². The van der Waals surface area contributed by atoms with Crippen LogP contribution in [0.15, 0.2) is 59.5 Å². The predicted molar refractivity (Wildman–Crippen MR) is 104 cm³/mol. The number of thiol groups is 1. The molecule has 2 N–H and O–H groups in total. The van der Waals surface area contributed by atoms with Gasteiger partial charge in [0.15, 0.2) is 0 Å². The minimum atomic E-state index is -0.440. The normalized spacial score (nSPS) is 23.6. The molecule has 1 saturated heterocycles. The summed E-state index contributed by atoms with van der Waals surface area (Å²) in [4.78, 5) is 3.41. The van der Waals surface area contributed by atoms with Gasteiger partial charge in [0.05, 0.1) is 6.10 Å². The highest BCUT2D eigenvalue weighted by Gasteiger charge is 2.36. The topological polar surface area (TPSA) is 43.7 Å². The average molecular weight is 358 g/mol. The fraction of sp³-hybridized carbons (Fsp3) is 0.429. The van der Waals surface area contributed by atoms with Crippen LogP contribution in [0, 0.1) is 11.8 Å². The molecule has 1 saturated carbocycles. The maximum Gasteiger partial charge on any atom is 0.115 e. The van der Waals surface area contributed by atoms with Crippen LogP contribution < -0.4 is 0 Å². The zero-order valence-corrected chi connectivity index (χ0v) is 15.4. The van der Waals surface area contributed by atoms with Gasteiger partial charge in [-0.3, -0.25) is 4.90 Å². The molecule has 0 amide bonds. The summed E-state index contributed by atoms with van der Waals surface area (Å²) < 4.78 is 0. The summed E-state index contributed by atoms with van der Waals surface area (Å²) in [6.45, 7) is 3.03. The zero-order chi connectivity index (χ0) is 17.6. The van der Waals surface area contributed by atoms with E-state index in [1.807, 2.05) is 30.3 Å². The summed E-state index contributed by atoms with van der Waals surface area (Å²) >= 11 is 4.08. The Bertz CT molecular complexity index is 635. The van der Waals surface area contributed by atoms with Crippen molar-refractivity contribution in [2.24, 2.45) is 11.8 Å². The molecule has 2 aliphatic rings. The first-order chi connectivity index (χ1) is 12.1. The predicted octanol–water partition coefficient (Wildman–Crippen LogP) is 4.13. The van der Waals surface area contributed by atoms with Crippen LogP contribution in [0.1, 0.15) is 30.9 Å². The second kappa shape index (κ2) is 8.75. The van der Waals surface area contributed by atoms with E-state index in [9.17, 15) is 10.2 Å². The van der Waals surface area contributed by atoms with Gasteiger partial charge in [-0.1, -0.05) is 36.8 Å². The maximum atomic E-state index is 10.2. The highest BCUT2D eigenvalue weighted by atomic mass is 32.1. The Hall–Kier alpha value is -1.49. The molecular formula is C21H27NO2S. The number of aliphatic hydroxyl groups excluding tert-OH is 1. The lowest BCUT2D eigenvalue weighted by molar-refractivity contribution is 0.122. The number of hydrogen-bond donors (Lipinski definition) is 3. The van der Waals surface area contributed by atoms with Crippen LogP contribution in [-0.4, -0.2) is 34.7 Å². The highest BCUT2D eigenvalue weighted by molar-refractivity contribution is 7.80. The maximum absolute atomic E-state index is 10.2. The molecule has 0 bridgehead atoms. The molecule has 1 aliphatic carbocycles. The lowest BCUT2D eigenvalue weighted by Gasteiger charge is -2.21. The smallest absolute Gasteiger partial charge is 0.115 e. The van der Waals surface area contributed by atoms with Crippen molar-refractivity contribution >= 4 is 12.6 Å². The molecule has 1 heterocycles. The summed E-state index contributed by atoms with van der Waals surface area (Å²) in [7, 11) is 0. The van der Waals surface area contributed by atoms with E-state index in [-0.39, 0.29) is 5.75 Å². The van der Waals surface area contributed by atoms with E-state index in [4.69, 9.17) is 0 Å². The number of β-amino-alcohol motifs (C(OH)–C–C–N with tert-alkyl or cyclic N) is 1. The number of likely N-dealkylation sites (tertiary alicyclic amines) is 1. The first-order valence-corrected chi connectivity index (χ1v) is 9.50. The number of rotatable bonds is 3. The lowest BCUT2D eigenvalue weighted by atomic mass is 10.0. The van der Waals surface area contributed by atoms with E-state index in [2.05, 4.69) is 17.5 Å². The first kappa shape index (κ1) is 18.3. The Kier molecular flexibility index (Phi) is 6.40. The molecule has 3 nitrogen and oxygen atoms in total. The van der Waals surface area contributed by atoms with Crippen molar-refractivity contribution in [3.05, 3.63) is 60.2 Å². The quantitative estimate of drug-likeness (QED) is 0.724. The van der Waals surface area contributed by atoms with Crippen LogP contribution in [-0.2, 0) is 0 Å². The van der Waals surface area contributed by atoms with Crippen LogP contribution in [0.2, 0.25) is 0 Å². The Morgan fingerprint density at radius 1 is 0.960 bits per heavy atom. The van der Waals surface area contributed by atoms with Gasteiger partial charge in [0.1, 0.15) is 5.75 Å². The van der Waals surface area contributed by atoms with E-state index in [0.717, 1.165) is 41.9 Å². The van der Waals surface area contributed by atoms with Gasteiger partial charge in [0, 0.05) is 24.5 Å². The molecule has 2 fully saturated rings. The third kappa shape index (κ3) is 5.24. The molecule has 1 aliphatic heterocycles. The molecule has 2 aromatic carbocycles. The van der Waals surface area contributed by atoms with Gasteiger partial charge in [0.25, 0.3) is 0 Å². The van der Waals surface area contributed by atoms with Gasteiger partial charge in [-0.2, -0.15) is 0 Å². The Labute approximate surface area is 155 Å². The molecule has 0 radical (unpaired) electrons. The third-order valence-corrected chi connectivity index (χ3v) is 5.57. The van der Waals surface area contributed by atoms with Crippen LogP contribution >= 0.6 is 12.6 Å². The number of fused-ring (bicyclic) bond motifs is 1.